The highest BCUT2D eigenvalue weighted by atomic mass is 19.1. The van der Waals surface area contributed by atoms with Crippen molar-refractivity contribution in [2.75, 3.05) is 20.1 Å². The maximum absolute atomic E-state index is 13.3. The lowest BCUT2D eigenvalue weighted by Gasteiger charge is -2.22. The van der Waals surface area contributed by atoms with Gasteiger partial charge < -0.3 is 15.3 Å². The Bertz CT molecular complexity index is 688. The molecule has 0 aliphatic rings. The summed E-state index contributed by atoms with van der Waals surface area (Å²) in [5, 5.41) is 12.7. The molecule has 2 aromatic carbocycles. The average Bonchev–Trinajstić information content (AvgIpc) is 2.54. The van der Waals surface area contributed by atoms with Crippen molar-refractivity contribution in [1.82, 2.24) is 10.2 Å². The summed E-state index contributed by atoms with van der Waals surface area (Å²) in [4.78, 5) is 6.59. The maximum atomic E-state index is 13.3. The Kier molecular flexibility index (Phi) is 6.61. The number of aliphatic imine (C=N–C) groups is 1. The highest BCUT2D eigenvalue weighted by Gasteiger charge is 2.07. The smallest absolute Gasteiger partial charge is 0.193 e. The van der Waals surface area contributed by atoms with E-state index < -0.39 is 0 Å². The summed E-state index contributed by atoms with van der Waals surface area (Å²) >= 11 is 0. The number of rotatable bonds is 6. The van der Waals surface area contributed by atoms with Crippen LogP contribution in [0.25, 0.3) is 0 Å². The number of phenolic OH excluding ortho intramolecular Hbond substituents is 1. The lowest BCUT2D eigenvalue weighted by molar-refractivity contribution is 0.473. The monoisotopic (exact) mass is 329 g/mol. The Hall–Kier alpha value is -2.56. The molecule has 0 fully saturated rings. The molecule has 0 aliphatic carbocycles. The fourth-order valence-corrected chi connectivity index (χ4v) is 2.46. The van der Waals surface area contributed by atoms with E-state index in [2.05, 4.69) is 10.3 Å². The zero-order chi connectivity index (χ0) is 17.4. The SMILES string of the molecule is CCNC(=NCCc1cccc(O)c1)N(C)Cc1cccc(F)c1. The van der Waals surface area contributed by atoms with Crippen LogP contribution in [0, 0.1) is 5.82 Å². The van der Waals surface area contributed by atoms with Crippen LogP contribution >= 0.6 is 0 Å². The molecule has 24 heavy (non-hydrogen) atoms. The second kappa shape index (κ2) is 8.91. The molecule has 0 bridgehead atoms. The number of nitrogens with zero attached hydrogens (tertiary/aromatic N) is 2. The molecule has 0 heterocycles. The van der Waals surface area contributed by atoms with Gasteiger partial charge in [-0.05, 0) is 48.7 Å². The Morgan fingerprint density at radius 2 is 1.92 bits per heavy atom. The van der Waals surface area contributed by atoms with Gasteiger partial charge in [0.1, 0.15) is 11.6 Å². The fourth-order valence-electron chi connectivity index (χ4n) is 2.46. The van der Waals surface area contributed by atoms with E-state index in [-0.39, 0.29) is 11.6 Å². The van der Waals surface area contributed by atoms with E-state index in [4.69, 9.17) is 0 Å². The van der Waals surface area contributed by atoms with Crippen LogP contribution < -0.4 is 5.32 Å². The molecule has 2 N–H and O–H groups in total. The molecular weight excluding hydrogens is 305 g/mol. The molecule has 0 amide bonds. The molecule has 0 aromatic heterocycles. The summed E-state index contributed by atoms with van der Waals surface area (Å²) in [7, 11) is 1.93. The zero-order valence-corrected chi connectivity index (χ0v) is 14.2. The largest absolute Gasteiger partial charge is 0.508 e. The van der Waals surface area contributed by atoms with Gasteiger partial charge in [-0.1, -0.05) is 24.3 Å². The third-order valence-corrected chi connectivity index (χ3v) is 3.58. The highest BCUT2D eigenvalue weighted by molar-refractivity contribution is 5.79. The van der Waals surface area contributed by atoms with Crippen LogP contribution in [0.2, 0.25) is 0 Å². The average molecular weight is 329 g/mol. The number of phenols is 1. The highest BCUT2D eigenvalue weighted by Crippen LogP contribution is 2.11. The van der Waals surface area contributed by atoms with Crippen molar-refractivity contribution in [3.8, 4) is 5.75 Å². The van der Waals surface area contributed by atoms with E-state index in [0.29, 0.717) is 13.1 Å². The molecule has 0 atom stereocenters. The predicted octanol–water partition coefficient (Wildman–Crippen LogP) is 3.17. The van der Waals surface area contributed by atoms with Crippen molar-refractivity contribution < 1.29 is 9.50 Å². The molecule has 4 nitrogen and oxygen atoms in total. The van der Waals surface area contributed by atoms with Crippen molar-refractivity contribution in [2.45, 2.75) is 19.9 Å². The number of nitrogens with one attached hydrogen (secondary N) is 1. The van der Waals surface area contributed by atoms with E-state index >= 15 is 0 Å². The summed E-state index contributed by atoms with van der Waals surface area (Å²) in [6.07, 6.45) is 0.747. The molecule has 0 aliphatic heterocycles. The van der Waals surface area contributed by atoms with Crippen molar-refractivity contribution in [3.63, 3.8) is 0 Å². The van der Waals surface area contributed by atoms with E-state index in [1.54, 1.807) is 18.2 Å². The summed E-state index contributed by atoms with van der Waals surface area (Å²) < 4.78 is 13.3. The van der Waals surface area contributed by atoms with Crippen LogP contribution in [0.3, 0.4) is 0 Å². The number of benzene rings is 2. The maximum Gasteiger partial charge on any atom is 0.193 e. The number of aromatic hydroxyl groups is 1. The summed E-state index contributed by atoms with van der Waals surface area (Å²) in [6.45, 7) is 3.97. The number of halogens is 1. The normalized spacial score (nSPS) is 11.4. The summed E-state index contributed by atoms with van der Waals surface area (Å²) in [6, 6.07) is 13.8. The summed E-state index contributed by atoms with van der Waals surface area (Å²) in [5.74, 6) is 0.820. The molecule has 0 saturated carbocycles. The van der Waals surface area contributed by atoms with E-state index in [1.807, 2.05) is 37.1 Å². The fraction of sp³-hybridized carbons (Fsp3) is 0.316. The third kappa shape index (κ3) is 5.57. The second-order valence-electron chi connectivity index (χ2n) is 5.64. The quantitative estimate of drug-likeness (QED) is 0.632. The first-order valence-corrected chi connectivity index (χ1v) is 8.10. The first-order chi connectivity index (χ1) is 11.6. The first-order valence-electron chi connectivity index (χ1n) is 8.10. The van der Waals surface area contributed by atoms with Gasteiger partial charge in [0.05, 0.1) is 0 Å². The van der Waals surface area contributed by atoms with Crippen LogP contribution in [0.1, 0.15) is 18.1 Å². The molecule has 128 valence electrons. The van der Waals surface area contributed by atoms with Crippen LogP contribution in [-0.2, 0) is 13.0 Å². The van der Waals surface area contributed by atoms with Gasteiger partial charge in [0.2, 0.25) is 0 Å². The van der Waals surface area contributed by atoms with Gasteiger partial charge >= 0.3 is 0 Å². The van der Waals surface area contributed by atoms with Crippen molar-refractivity contribution in [1.29, 1.82) is 0 Å². The Morgan fingerprint density at radius 3 is 2.62 bits per heavy atom. The van der Waals surface area contributed by atoms with E-state index in [0.717, 1.165) is 30.1 Å². The first kappa shape index (κ1) is 17.8. The number of hydrogen-bond donors (Lipinski definition) is 2. The Morgan fingerprint density at radius 1 is 1.17 bits per heavy atom. The number of hydrogen-bond acceptors (Lipinski definition) is 2. The van der Waals surface area contributed by atoms with Crippen molar-refractivity contribution in [3.05, 3.63) is 65.5 Å². The van der Waals surface area contributed by atoms with Gasteiger partial charge in [0.25, 0.3) is 0 Å². The lowest BCUT2D eigenvalue weighted by atomic mass is 10.1. The van der Waals surface area contributed by atoms with Crippen LogP contribution in [0.5, 0.6) is 5.75 Å². The second-order valence-corrected chi connectivity index (χ2v) is 5.64. The van der Waals surface area contributed by atoms with Gasteiger partial charge in [-0.2, -0.15) is 0 Å². The topological polar surface area (TPSA) is 47.9 Å². The van der Waals surface area contributed by atoms with Crippen LogP contribution in [0.4, 0.5) is 4.39 Å². The molecule has 5 heteroatoms. The minimum absolute atomic E-state index is 0.230. The predicted molar refractivity (Wildman–Crippen MR) is 95.7 cm³/mol. The van der Waals surface area contributed by atoms with Gasteiger partial charge in [-0.3, -0.25) is 4.99 Å². The molecule has 0 radical (unpaired) electrons. The zero-order valence-electron chi connectivity index (χ0n) is 14.2. The minimum atomic E-state index is -0.230. The van der Waals surface area contributed by atoms with Crippen molar-refractivity contribution in [2.24, 2.45) is 4.99 Å². The van der Waals surface area contributed by atoms with Gasteiger partial charge in [0.15, 0.2) is 5.96 Å². The number of guanidine groups is 1. The van der Waals surface area contributed by atoms with E-state index in [1.165, 1.54) is 12.1 Å². The van der Waals surface area contributed by atoms with Gasteiger partial charge in [-0.15, -0.1) is 0 Å². The van der Waals surface area contributed by atoms with Crippen molar-refractivity contribution >= 4 is 5.96 Å². The minimum Gasteiger partial charge on any atom is -0.508 e. The van der Waals surface area contributed by atoms with Crippen LogP contribution in [-0.4, -0.2) is 36.1 Å². The molecule has 2 rings (SSSR count). The molecule has 0 unspecified atom stereocenters. The third-order valence-electron chi connectivity index (χ3n) is 3.58. The molecule has 0 spiro atoms. The molecule has 0 saturated heterocycles. The Balaban J connectivity index is 1.98. The Labute approximate surface area is 142 Å². The van der Waals surface area contributed by atoms with Gasteiger partial charge in [0, 0.05) is 26.7 Å². The van der Waals surface area contributed by atoms with Crippen LogP contribution in [0.15, 0.2) is 53.5 Å². The lowest BCUT2D eigenvalue weighted by Crippen LogP contribution is -2.38. The standard InChI is InChI=1S/C19H24FN3O/c1-3-21-19(22-11-10-15-6-5-9-18(24)13-15)23(2)14-16-7-4-8-17(20)12-16/h4-9,12-13,24H,3,10-11,14H2,1-2H3,(H,21,22). The molecule has 2 aromatic rings. The van der Waals surface area contributed by atoms with Gasteiger partial charge in [-0.25, -0.2) is 4.39 Å². The van der Waals surface area contributed by atoms with E-state index in [9.17, 15) is 9.50 Å². The molecular formula is C19H24FN3O. The summed E-state index contributed by atoms with van der Waals surface area (Å²) in [5.41, 5.74) is 1.94.